The fourth-order valence-corrected chi connectivity index (χ4v) is 10.0. The van der Waals surface area contributed by atoms with Gasteiger partial charge in [-0.1, -0.05) is 121 Å². The molecule has 0 aliphatic heterocycles. The van der Waals surface area contributed by atoms with Gasteiger partial charge in [0.2, 0.25) is 5.78 Å². The van der Waals surface area contributed by atoms with Crippen LogP contribution < -0.4 is 15.9 Å². The average molecular weight is 573 g/mol. The highest BCUT2D eigenvalue weighted by atomic mass is 32.1. The van der Waals surface area contributed by atoms with E-state index in [1.54, 1.807) is 7.11 Å². The predicted molar refractivity (Wildman–Crippen MR) is 172 cm³/mol. The highest BCUT2D eigenvalue weighted by molar-refractivity contribution is 7.87. The van der Waals surface area contributed by atoms with Gasteiger partial charge in [0, 0.05) is 39.7 Å². The zero-order valence-electron chi connectivity index (χ0n) is 22.9. The van der Waals surface area contributed by atoms with Crippen molar-refractivity contribution >= 4 is 56.0 Å². The first kappa shape index (κ1) is 27.0. The first-order valence-electron chi connectivity index (χ1n) is 13.4. The van der Waals surface area contributed by atoms with E-state index >= 15 is 0 Å². The van der Waals surface area contributed by atoms with Crippen LogP contribution in [0, 0.1) is 6.92 Å². The fraction of sp³-hybridized carbons (Fsp3) is 0.0857. The summed E-state index contributed by atoms with van der Waals surface area (Å²) >= 11 is 1.42. The third-order valence-electron chi connectivity index (χ3n) is 7.03. The Morgan fingerprint density at radius 3 is 1.76 bits per heavy atom. The monoisotopic (exact) mass is 572 g/mol. The van der Waals surface area contributed by atoms with Gasteiger partial charge in [0.1, 0.15) is 9.71 Å². The molecule has 0 bridgehead atoms. The second-order valence-corrected chi connectivity index (χ2v) is 13.8. The van der Waals surface area contributed by atoms with Gasteiger partial charge >= 0.3 is 0 Å². The third kappa shape index (κ3) is 5.09. The smallest absolute Gasteiger partial charge is 0.205 e. The van der Waals surface area contributed by atoms with Crippen LogP contribution in [0.3, 0.4) is 0 Å². The van der Waals surface area contributed by atoms with Crippen molar-refractivity contribution in [3.8, 4) is 0 Å². The lowest BCUT2D eigenvalue weighted by Crippen LogP contribution is -2.25. The van der Waals surface area contributed by atoms with Gasteiger partial charge in [0.15, 0.2) is 0 Å². The van der Waals surface area contributed by atoms with Gasteiger partial charge < -0.3 is 4.74 Å². The van der Waals surface area contributed by atoms with Crippen LogP contribution >= 0.6 is 18.4 Å². The summed E-state index contributed by atoms with van der Waals surface area (Å²) in [6, 6.07) is 42.9. The van der Waals surface area contributed by atoms with Crippen LogP contribution in [0.5, 0.6) is 0 Å². The normalized spacial score (nSPS) is 11.5. The van der Waals surface area contributed by atoms with Gasteiger partial charge in [-0.15, -0.1) is 11.3 Å². The number of ether oxygens (including phenoxy) is 1. The Kier molecular flexibility index (Phi) is 7.76. The summed E-state index contributed by atoms with van der Waals surface area (Å²) in [7, 11) is -0.954. The van der Waals surface area contributed by atoms with E-state index < -0.39 is 7.05 Å². The molecule has 202 valence electrons. The SMILES string of the molecule is COCc1cc(C)nc2sc(C(=O)c3ccccc3)c(N=P(c3ccccc3)(c3ccccc3)c3ccccc3)c12. The number of nitrogens with zero attached hydrogens (tertiary/aromatic N) is 2. The molecule has 6 rings (SSSR count). The lowest BCUT2D eigenvalue weighted by Gasteiger charge is -2.27. The number of hydrogen-bond acceptors (Lipinski definition) is 5. The zero-order valence-corrected chi connectivity index (χ0v) is 24.6. The number of hydrogen-bond donors (Lipinski definition) is 0. The molecule has 6 heteroatoms. The second-order valence-electron chi connectivity index (χ2n) is 9.75. The number of aromatic nitrogens is 1. The molecule has 0 unspecified atom stereocenters. The number of pyridine rings is 1. The molecule has 0 N–H and O–H groups in total. The summed E-state index contributed by atoms with van der Waals surface area (Å²) in [6.07, 6.45) is 0. The van der Waals surface area contributed by atoms with E-state index in [0.717, 1.165) is 37.4 Å². The number of methoxy groups -OCH3 is 1. The molecule has 0 fully saturated rings. The van der Waals surface area contributed by atoms with Crippen molar-refractivity contribution in [2.75, 3.05) is 7.11 Å². The predicted octanol–water partition coefficient (Wildman–Crippen LogP) is 7.79. The van der Waals surface area contributed by atoms with Crippen molar-refractivity contribution in [1.82, 2.24) is 4.98 Å². The van der Waals surface area contributed by atoms with Crippen LogP contribution in [0.25, 0.3) is 10.2 Å². The quantitative estimate of drug-likeness (QED) is 0.138. The topological polar surface area (TPSA) is 51.5 Å². The first-order valence-corrected chi connectivity index (χ1v) is 16.0. The molecule has 0 atom stereocenters. The molecule has 0 radical (unpaired) electrons. The molecule has 4 aromatic carbocycles. The fourth-order valence-electron chi connectivity index (χ4n) is 5.24. The number of aryl methyl sites for hydroxylation is 1. The summed E-state index contributed by atoms with van der Waals surface area (Å²) in [5, 5.41) is 4.23. The van der Waals surface area contributed by atoms with Gasteiger partial charge in [-0.05, 0) is 18.6 Å². The van der Waals surface area contributed by atoms with Crippen LogP contribution in [0.15, 0.2) is 132 Å². The largest absolute Gasteiger partial charge is 0.380 e. The van der Waals surface area contributed by atoms with Crippen molar-refractivity contribution in [2.45, 2.75) is 13.5 Å². The maximum Gasteiger partial charge on any atom is 0.205 e. The molecule has 0 saturated heterocycles. The maximum atomic E-state index is 14.2. The highest BCUT2D eigenvalue weighted by Gasteiger charge is 2.31. The lowest BCUT2D eigenvalue weighted by atomic mass is 10.1. The molecule has 0 amide bonds. The van der Waals surface area contributed by atoms with E-state index in [9.17, 15) is 4.79 Å². The van der Waals surface area contributed by atoms with Crippen LogP contribution in [-0.4, -0.2) is 17.9 Å². The Morgan fingerprint density at radius 1 is 0.780 bits per heavy atom. The van der Waals surface area contributed by atoms with Gasteiger partial charge in [-0.25, -0.2) is 4.98 Å². The molecule has 41 heavy (non-hydrogen) atoms. The first-order chi connectivity index (χ1) is 20.1. The molecule has 0 saturated carbocycles. The lowest BCUT2D eigenvalue weighted by molar-refractivity contribution is 0.104. The summed E-state index contributed by atoms with van der Waals surface area (Å²) < 4.78 is 11.5. The number of carbonyl (C=O) groups excluding carboxylic acids is 1. The molecular formula is C35H29N2O2PS. The minimum absolute atomic E-state index is 0.0549. The Bertz CT molecular complexity index is 1770. The molecule has 2 heterocycles. The van der Waals surface area contributed by atoms with E-state index in [1.807, 2.05) is 61.5 Å². The van der Waals surface area contributed by atoms with Gasteiger partial charge in [-0.3, -0.25) is 9.54 Å². The third-order valence-corrected chi connectivity index (χ3v) is 11.7. The molecule has 0 spiro atoms. The van der Waals surface area contributed by atoms with Gasteiger partial charge in [0.05, 0.1) is 19.3 Å². The summed E-state index contributed by atoms with van der Waals surface area (Å²) in [5.41, 5.74) is 3.17. The van der Waals surface area contributed by atoms with Crippen LogP contribution in [0.1, 0.15) is 26.5 Å². The summed E-state index contributed by atoms with van der Waals surface area (Å²) in [6.45, 7) is 2.37. The standard InChI is InChI=1S/C35H29N2O2PS/c1-25-23-27(24-39-2)31-32(34(41-35(31)36-25)33(38)26-15-7-3-8-16-26)37-40(28-17-9-4-10-18-28,29-19-11-5-12-20-29)30-21-13-6-14-22-30/h3-23H,24H2,1-2H3. The number of ketones is 1. The molecule has 2 aromatic heterocycles. The van der Waals surface area contributed by atoms with Crippen molar-refractivity contribution in [2.24, 2.45) is 4.74 Å². The van der Waals surface area contributed by atoms with Gasteiger partial charge in [-0.2, -0.15) is 0 Å². The number of fused-ring (bicyclic) bond motifs is 1. The highest BCUT2D eigenvalue weighted by Crippen LogP contribution is 2.53. The van der Waals surface area contributed by atoms with Crippen LogP contribution in [-0.2, 0) is 11.3 Å². The van der Waals surface area contributed by atoms with Crippen molar-refractivity contribution in [3.63, 3.8) is 0 Å². The number of rotatable bonds is 8. The van der Waals surface area contributed by atoms with Crippen molar-refractivity contribution in [3.05, 3.63) is 149 Å². The maximum absolute atomic E-state index is 14.2. The molecule has 0 aliphatic rings. The van der Waals surface area contributed by atoms with Gasteiger partial charge in [0.25, 0.3) is 0 Å². The number of thiophene rings is 1. The number of carbonyl (C=O) groups is 1. The van der Waals surface area contributed by atoms with Crippen LogP contribution in [0.4, 0.5) is 5.69 Å². The Labute approximate surface area is 244 Å². The second kappa shape index (κ2) is 11.8. The minimum Gasteiger partial charge on any atom is -0.380 e. The molecular weight excluding hydrogens is 543 g/mol. The van der Waals surface area contributed by atoms with E-state index in [-0.39, 0.29) is 5.78 Å². The van der Waals surface area contributed by atoms with E-state index in [2.05, 4.69) is 72.8 Å². The number of benzene rings is 4. The Hall–Kier alpha value is -4.15. The summed E-state index contributed by atoms with van der Waals surface area (Å²) in [4.78, 5) is 20.5. The Morgan fingerprint density at radius 2 is 1.27 bits per heavy atom. The molecule has 0 aliphatic carbocycles. The molecule has 4 nitrogen and oxygen atoms in total. The van der Waals surface area contributed by atoms with E-state index in [4.69, 9.17) is 14.5 Å². The van der Waals surface area contributed by atoms with Crippen LogP contribution in [0.2, 0.25) is 0 Å². The van der Waals surface area contributed by atoms with E-state index in [1.165, 1.54) is 11.3 Å². The zero-order chi connectivity index (χ0) is 28.2. The Balaban J connectivity index is 1.81. The molecule has 6 aromatic rings. The van der Waals surface area contributed by atoms with Crippen molar-refractivity contribution in [1.29, 1.82) is 0 Å². The van der Waals surface area contributed by atoms with E-state index in [0.29, 0.717) is 22.7 Å². The summed E-state index contributed by atoms with van der Waals surface area (Å²) in [5.74, 6) is -0.0549. The average Bonchev–Trinajstić information content (AvgIpc) is 3.39. The van der Waals surface area contributed by atoms with Crippen molar-refractivity contribution < 1.29 is 9.53 Å². The minimum atomic E-state index is -2.64.